The molecule has 1 amide bonds. The van der Waals surface area contributed by atoms with Gasteiger partial charge in [-0.25, -0.2) is 4.79 Å². The van der Waals surface area contributed by atoms with Crippen LogP contribution in [0.1, 0.15) is 24.0 Å². The van der Waals surface area contributed by atoms with Gasteiger partial charge in [-0.1, -0.05) is 25.1 Å². The first-order valence-corrected chi connectivity index (χ1v) is 5.83. The summed E-state index contributed by atoms with van der Waals surface area (Å²) in [4.78, 5) is 15.0. The van der Waals surface area contributed by atoms with Gasteiger partial charge in [0.25, 0.3) is 0 Å². The lowest BCUT2D eigenvalue weighted by atomic mass is 9.97. The maximum atomic E-state index is 10.6. The molecule has 5 heteroatoms. The normalized spacial score (nSPS) is 11.8. The highest BCUT2D eigenvalue weighted by atomic mass is 16.5. The molecule has 96 valence electrons. The summed E-state index contributed by atoms with van der Waals surface area (Å²) < 4.78 is 4.81. The Kier molecular flexibility index (Phi) is 3.62. The number of aromatic nitrogens is 1. The maximum Gasteiger partial charge on any atom is 0.404 e. The van der Waals surface area contributed by atoms with Gasteiger partial charge in [0.05, 0.1) is 23.8 Å². The molecule has 2 N–H and O–H groups in total. The standard InChI is InChI=1S/C14H13N3O2/c1-9(8-19-14(16)18)11-3-2-4-12-10(7-15)5-6-17-13(11)12/h2-6,9H,8H2,1H3,(H2,16,18). The van der Waals surface area contributed by atoms with Crippen molar-refractivity contribution >= 4 is 17.0 Å². The fraction of sp³-hybridized carbons (Fsp3) is 0.214. The van der Waals surface area contributed by atoms with Gasteiger partial charge in [0.2, 0.25) is 0 Å². The van der Waals surface area contributed by atoms with Crippen LogP contribution in [-0.2, 0) is 4.74 Å². The largest absolute Gasteiger partial charge is 0.449 e. The van der Waals surface area contributed by atoms with Crippen LogP contribution in [0.4, 0.5) is 4.79 Å². The summed E-state index contributed by atoms with van der Waals surface area (Å²) in [5.41, 5.74) is 7.21. The van der Waals surface area contributed by atoms with Crippen molar-refractivity contribution in [2.24, 2.45) is 5.73 Å². The summed E-state index contributed by atoms with van der Waals surface area (Å²) in [6, 6.07) is 9.44. The van der Waals surface area contributed by atoms with Gasteiger partial charge in [0.15, 0.2) is 0 Å². The molecule has 1 aromatic heterocycles. The van der Waals surface area contributed by atoms with Gasteiger partial charge >= 0.3 is 6.09 Å². The van der Waals surface area contributed by atoms with E-state index in [1.165, 1.54) is 0 Å². The van der Waals surface area contributed by atoms with Gasteiger partial charge < -0.3 is 10.5 Å². The van der Waals surface area contributed by atoms with Crippen LogP contribution in [0, 0.1) is 11.3 Å². The molecule has 0 saturated heterocycles. The number of nitriles is 1. The van der Waals surface area contributed by atoms with Gasteiger partial charge in [0, 0.05) is 17.5 Å². The minimum Gasteiger partial charge on any atom is -0.449 e. The Morgan fingerprint density at radius 2 is 2.32 bits per heavy atom. The number of benzene rings is 1. The molecular formula is C14H13N3O2. The van der Waals surface area contributed by atoms with E-state index >= 15 is 0 Å². The Hall–Kier alpha value is -2.61. The lowest BCUT2D eigenvalue weighted by Crippen LogP contribution is -2.16. The van der Waals surface area contributed by atoms with Gasteiger partial charge in [-0.05, 0) is 11.6 Å². The third kappa shape index (κ3) is 2.63. The number of hydrogen-bond acceptors (Lipinski definition) is 4. The number of para-hydroxylation sites is 1. The number of hydrogen-bond donors (Lipinski definition) is 1. The number of nitrogens with two attached hydrogens (primary N) is 1. The maximum absolute atomic E-state index is 10.6. The molecule has 0 bridgehead atoms. The molecule has 19 heavy (non-hydrogen) atoms. The SMILES string of the molecule is CC(COC(N)=O)c1cccc2c(C#N)ccnc12. The third-order valence-electron chi connectivity index (χ3n) is 2.93. The summed E-state index contributed by atoms with van der Waals surface area (Å²) in [6.07, 6.45) is 0.809. The Labute approximate surface area is 110 Å². The fourth-order valence-electron chi connectivity index (χ4n) is 1.99. The number of carbonyl (C=O) groups excluding carboxylic acids is 1. The molecule has 0 aliphatic carbocycles. The predicted octanol–water partition coefficient (Wildman–Crippen LogP) is 2.31. The molecule has 1 atom stereocenters. The highest BCUT2D eigenvalue weighted by molar-refractivity contribution is 5.87. The number of ether oxygens (including phenoxy) is 1. The average Bonchev–Trinajstić information content (AvgIpc) is 2.43. The Balaban J connectivity index is 2.44. The summed E-state index contributed by atoms with van der Waals surface area (Å²) >= 11 is 0. The predicted molar refractivity (Wildman–Crippen MR) is 70.4 cm³/mol. The van der Waals surface area contributed by atoms with E-state index in [1.807, 2.05) is 25.1 Å². The molecule has 0 aliphatic rings. The fourth-order valence-corrected chi connectivity index (χ4v) is 1.99. The second-order valence-corrected chi connectivity index (χ2v) is 4.24. The van der Waals surface area contributed by atoms with Gasteiger partial charge in [-0.3, -0.25) is 4.98 Å². The van der Waals surface area contributed by atoms with Crippen molar-refractivity contribution in [3.05, 3.63) is 41.6 Å². The molecule has 0 saturated carbocycles. The van der Waals surface area contributed by atoms with E-state index in [-0.39, 0.29) is 12.5 Å². The summed E-state index contributed by atoms with van der Waals surface area (Å²) in [6.45, 7) is 2.10. The van der Waals surface area contributed by atoms with Crippen molar-refractivity contribution < 1.29 is 9.53 Å². The van der Waals surface area contributed by atoms with Crippen molar-refractivity contribution in [1.82, 2.24) is 4.98 Å². The molecule has 1 aromatic carbocycles. The van der Waals surface area contributed by atoms with Crippen LogP contribution >= 0.6 is 0 Å². The van der Waals surface area contributed by atoms with E-state index in [1.54, 1.807) is 12.3 Å². The van der Waals surface area contributed by atoms with E-state index in [0.29, 0.717) is 5.56 Å². The van der Waals surface area contributed by atoms with Crippen LogP contribution < -0.4 is 5.73 Å². The molecule has 2 rings (SSSR count). The number of nitrogens with zero attached hydrogens (tertiary/aromatic N) is 2. The number of rotatable bonds is 3. The van der Waals surface area contributed by atoms with Crippen molar-refractivity contribution in [2.75, 3.05) is 6.61 Å². The zero-order valence-electron chi connectivity index (χ0n) is 10.5. The molecule has 5 nitrogen and oxygen atoms in total. The molecule has 0 fully saturated rings. The monoisotopic (exact) mass is 255 g/mol. The van der Waals surface area contributed by atoms with E-state index in [2.05, 4.69) is 11.1 Å². The molecule has 1 unspecified atom stereocenters. The zero-order chi connectivity index (χ0) is 13.8. The summed E-state index contributed by atoms with van der Waals surface area (Å²) in [5, 5.41) is 9.88. The van der Waals surface area contributed by atoms with Gasteiger partial charge in [-0.15, -0.1) is 0 Å². The second-order valence-electron chi connectivity index (χ2n) is 4.24. The van der Waals surface area contributed by atoms with Crippen LogP contribution in [0.5, 0.6) is 0 Å². The number of primary amides is 1. The average molecular weight is 255 g/mol. The minimum absolute atomic E-state index is 0.0438. The number of fused-ring (bicyclic) bond motifs is 1. The molecule has 2 aromatic rings. The number of carbonyl (C=O) groups is 1. The van der Waals surface area contributed by atoms with Crippen LogP contribution in [-0.4, -0.2) is 17.7 Å². The van der Waals surface area contributed by atoms with Crippen LogP contribution in [0.15, 0.2) is 30.5 Å². The Morgan fingerprint density at radius 3 is 3.00 bits per heavy atom. The first-order valence-electron chi connectivity index (χ1n) is 5.83. The topological polar surface area (TPSA) is 89.0 Å². The molecule has 0 aliphatic heterocycles. The smallest absolute Gasteiger partial charge is 0.404 e. The lowest BCUT2D eigenvalue weighted by molar-refractivity contribution is 0.151. The first kappa shape index (κ1) is 12.8. The third-order valence-corrected chi connectivity index (χ3v) is 2.93. The summed E-state index contributed by atoms with van der Waals surface area (Å²) in [5.74, 6) is -0.0438. The molecule has 0 radical (unpaired) electrons. The van der Waals surface area contributed by atoms with Crippen molar-refractivity contribution in [1.29, 1.82) is 5.26 Å². The van der Waals surface area contributed by atoms with Crippen molar-refractivity contribution in [3.8, 4) is 6.07 Å². The van der Waals surface area contributed by atoms with E-state index in [0.717, 1.165) is 16.5 Å². The lowest BCUT2D eigenvalue weighted by Gasteiger charge is -2.13. The first-order chi connectivity index (χ1) is 9.13. The summed E-state index contributed by atoms with van der Waals surface area (Å²) in [7, 11) is 0. The van der Waals surface area contributed by atoms with Crippen LogP contribution in [0.3, 0.4) is 0 Å². The van der Waals surface area contributed by atoms with Crippen molar-refractivity contribution in [3.63, 3.8) is 0 Å². The highest BCUT2D eigenvalue weighted by Crippen LogP contribution is 2.25. The molecule has 1 heterocycles. The highest BCUT2D eigenvalue weighted by Gasteiger charge is 2.13. The quantitative estimate of drug-likeness (QED) is 0.911. The molecular weight excluding hydrogens is 242 g/mol. The minimum atomic E-state index is -0.794. The second kappa shape index (κ2) is 5.36. The van der Waals surface area contributed by atoms with Crippen LogP contribution in [0.25, 0.3) is 10.9 Å². The van der Waals surface area contributed by atoms with E-state index in [4.69, 9.17) is 15.7 Å². The van der Waals surface area contributed by atoms with Crippen LogP contribution in [0.2, 0.25) is 0 Å². The van der Waals surface area contributed by atoms with E-state index in [9.17, 15) is 4.79 Å². The van der Waals surface area contributed by atoms with E-state index < -0.39 is 6.09 Å². The van der Waals surface area contributed by atoms with Crippen molar-refractivity contribution in [2.45, 2.75) is 12.8 Å². The number of amides is 1. The Bertz CT molecular complexity index is 661. The van der Waals surface area contributed by atoms with Gasteiger partial charge in [0.1, 0.15) is 0 Å². The number of pyridine rings is 1. The van der Waals surface area contributed by atoms with Gasteiger partial charge in [-0.2, -0.15) is 5.26 Å². The molecule has 0 spiro atoms. The Morgan fingerprint density at radius 1 is 1.53 bits per heavy atom. The zero-order valence-corrected chi connectivity index (χ0v) is 10.5.